The van der Waals surface area contributed by atoms with Crippen LogP contribution in [0.2, 0.25) is 0 Å². The lowest BCUT2D eigenvalue weighted by Gasteiger charge is -2.01. The predicted octanol–water partition coefficient (Wildman–Crippen LogP) is 1.73. The summed E-state index contributed by atoms with van der Waals surface area (Å²) in [6.45, 7) is 0. The molecule has 0 atom stereocenters. The van der Waals surface area contributed by atoms with Gasteiger partial charge < -0.3 is 9.43 Å². The van der Waals surface area contributed by atoms with Crippen LogP contribution < -0.4 is 5.32 Å². The van der Waals surface area contributed by atoms with Crippen LogP contribution in [0.4, 0.5) is 0 Å². The first-order valence-corrected chi connectivity index (χ1v) is 6.36. The number of carbonyl (C=O) groups excluding carboxylic acids is 2. The molecule has 1 aliphatic rings. The molecule has 0 radical (unpaired) electrons. The lowest BCUT2D eigenvalue weighted by molar-refractivity contribution is 0.0879. The van der Waals surface area contributed by atoms with E-state index in [-0.39, 0.29) is 11.8 Å². The summed E-state index contributed by atoms with van der Waals surface area (Å²) in [5, 5.41) is 8.01. The molecule has 0 saturated carbocycles. The number of imide groups is 1. The van der Waals surface area contributed by atoms with E-state index < -0.39 is 0 Å². The molecule has 1 N–H and O–H groups in total. The summed E-state index contributed by atoms with van der Waals surface area (Å²) in [5.41, 5.74) is 1.50. The number of hydrazone groups is 1. The molecule has 0 spiro atoms. The second kappa shape index (κ2) is 4.90. The Labute approximate surface area is 121 Å². The average molecular weight is 283 g/mol. The molecule has 1 aromatic carbocycles. The molecule has 0 fully saturated rings. The largest absolute Gasteiger partial charge is 0.455 e. The molecule has 2 heterocycles. The van der Waals surface area contributed by atoms with Crippen molar-refractivity contribution in [2.24, 2.45) is 5.10 Å². The van der Waals surface area contributed by atoms with E-state index in [1.807, 2.05) is 14.1 Å². The number of benzene rings is 1. The summed E-state index contributed by atoms with van der Waals surface area (Å²) < 4.78 is 5.65. The van der Waals surface area contributed by atoms with E-state index >= 15 is 0 Å². The van der Waals surface area contributed by atoms with Gasteiger partial charge in [0.05, 0.1) is 17.3 Å². The van der Waals surface area contributed by atoms with Crippen LogP contribution in [0.1, 0.15) is 26.5 Å². The fraction of sp³-hybridized carbons (Fsp3) is 0.133. The lowest BCUT2D eigenvalue weighted by atomic mass is 10.0. The van der Waals surface area contributed by atoms with Crippen LogP contribution >= 0.6 is 0 Å². The van der Waals surface area contributed by atoms with E-state index in [2.05, 4.69) is 10.4 Å². The zero-order chi connectivity index (χ0) is 15.0. The van der Waals surface area contributed by atoms with E-state index in [9.17, 15) is 9.59 Å². The number of rotatable bonds is 3. The molecule has 0 aliphatic carbocycles. The van der Waals surface area contributed by atoms with Gasteiger partial charge in [-0.1, -0.05) is 6.07 Å². The third-order valence-corrected chi connectivity index (χ3v) is 3.06. The van der Waals surface area contributed by atoms with Gasteiger partial charge in [-0.15, -0.1) is 0 Å². The normalized spacial score (nSPS) is 13.6. The number of hydrogen-bond acceptors (Lipinski definition) is 5. The summed E-state index contributed by atoms with van der Waals surface area (Å²) in [6.07, 6.45) is 1.60. The molecule has 3 rings (SSSR count). The Balaban J connectivity index is 1.94. The first-order valence-electron chi connectivity index (χ1n) is 6.36. The van der Waals surface area contributed by atoms with Gasteiger partial charge in [-0.25, -0.2) is 0 Å². The Kier molecular flexibility index (Phi) is 3.06. The van der Waals surface area contributed by atoms with Crippen molar-refractivity contribution in [3.8, 4) is 11.3 Å². The first-order chi connectivity index (χ1) is 10.0. The quantitative estimate of drug-likeness (QED) is 0.529. The van der Waals surface area contributed by atoms with Crippen molar-refractivity contribution < 1.29 is 14.0 Å². The Morgan fingerprint density at radius 2 is 1.86 bits per heavy atom. The Morgan fingerprint density at radius 1 is 1.10 bits per heavy atom. The molecule has 1 aliphatic heterocycles. The molecule has 6 nitrogen and oxygen atoms in total. The lowest BCUT2D eigenvalue weighted by Crippen LogP contribution is -2.19. The van der Waals surface area contributed by atoms with Crippen LogP contribution in [-0.2, 0) is 0 Å². The number of fused-ring (bicyclic) bond motifs is 1. The highest BCUT2D eigenvalue weighted by Crippen LogP contribution is 2.26. The summed E-state index contributed by atoms with van der Waals surface area (Å²) >= 11 is 0. The highest BCUT2D eigenvalue weighted by molar-refractivity contribution is 6.21. The number of nitrogens with zero attached hydrogens (tertiary/aromatic N) is 2. The second-order valence-electron chi connectivity index (χ2n) is 4.84. The van der Waals surface area contributed by atoms with Gasteiger partial charge in [0.1, 0.15) is 11.5 Å². The van der Waals surface area contributed by atoms with Crippen LogP contribution in [-0.4, -0.2) is 37.1 Å². The zero-order valence-electron chi connectivity index (χ0n) is 11.6. The van der Waals surface area contributed by atoms with Gasteiger partial charge >= 0.3 is 0 Å². The molecule has 0 saturated heterocycles. The maximum atomic E-state index is 11.7. The van der Waals surface area contributed by atoms with E-state index in [4.69, 9.17) is 4.42 Å². The highest BCUT2D eigenvalue weighted by atomic mass is 16.3. The van der Waals surface area contributed by atoms with Crippen molar-refractivity contribution in [3.63, 3.8) is 0 Å². The SMILES string of the molecule is CN(C)/N=C\c1ccc(-c2ccc3c(c2)C(=O)NC3=O)o1. The maximum absolute atomic E-state index is 11.7. The summed E-state index contributed by atoms with van der Waals surface area (Å²) in [7, 11) is 3.63. The number of carbonyl (C=O) groups is 2. The fourth-order valence-corrected chi connectivity index (χ4v) is 2.07. The van der Waals surface area contributed by atoms with Crippen molar-refractivity contribution in [1.82, 2.24) is 10.3 Å². The number of furan rings is 1. The topological polar surface area (TPSA) is 74.9 Å². The monoisotopic (exact) mass is 283 g/mol. The molecule has 6 heteroatoms. The number of nitrogens with one attached hydrogen (secondary N) is 1. The second-order valence-corrected chi connectivity index (χ2v) is 4.84. The zero-order valence-corrected chi connectivity index (χ0v) is 11.6. The van der Waals surface area contributed by atoms with Gasteiger partial charge in [0.2, 0.25) is 0 Å². The van der Waals surface area contributed by atoms with Crippen LogP contribution in [0.25, 0.3) is 11.3 Å². The van der Waals surface area contributed by atoms with Gasteiger partial charge in [-0.05, 0) is 24.3 Å². The van der Waals surface area contributed by atoms with Crippen molar-refractivity contribution in [1.29, 1.82) is 0 Å². The van der Waals surface area contributed by atoms with Crippen LogP contribution in [0.3, 0.4) is 0 Å². The van der Waals surface area contributed by atoms with E-state index in [0.717, 1.165) is 5.56 Å². The van der Waals surface area contributed by atoms with Crippen molar-refractivity contribution in [2.75, 3.05) is 14.1 Å². The molecule has 2 amide bonds. The Morgan fingerprint density at radius 3 is 2.62 bits per heavy atom. The molecule has 21 heavy (non-hydrogen) atoms. The molecular formula is C15H13N3O3. The summed E-state index contributed by atoms with van der Waals surface area (Å²) in [5.74, 6) is 0.488. The van der Waals surface area contributed by atoms with E-state index in [1.54, 1.807) is 41.6 Å². The van der Waals surface area contributed by atoms with Gasteiger partial charge in [0, 0.05) is 19.7 Å². The molecule has 106 valence electrons. The first kappa shape index (κ1) is 13.1. The van der Waals surface area contributed by atoms with Gasteiger partial charge in [-0.3, -0.25) is 14.9 Å². The molecular weight excluding hydrogens is 270 g/mol. The number of hydrogen-bond donors (Lipinski definition) is 1. The summed E-state index contributed by atoms with van der Waals surface area (Å²) in [6, 6.07) is 8.62. The Bertz CT molecular complexity index is 759. The van der Waals surface area contributed by atoms with Gasteiger partial charge in [-0.2, -0.15) is 5.10 Å². The van der Waals surface area contributed by atoms with Crippen LogP contribution in [0, 0.1) is 0 Å². The van der Waals surface area contributed by atoms with Crippen molar-refractivity contribution in [2.45, 2.75) is 0 Å². The molecule has 0 unspecified atom stereocenters. The van der Waals surface area contributed by atoms with Crippen LogP contribution in [0.5, 0.6) is 0 Å². The van der Waals surface area contributed by atoms with Gasteiger partial charge in [0.25, 0.3) is 11.8 Å². The minimum absolute atomic E-state index is 0.361. The smallest absolute Gasteiger partial charge is 0.258 e. The van der Waals surface area contributed by atoms with Crippen molar-refractivity contribution in [3.05, 3.63) is 47.2 Å². The van der Waals surface area contributed by atoms with Crippen LogP contribution in [0.15, 0.2) is 39.9 Å². The minimum Gasteiger partial charge on any atom is -0.455 e. The summed E-state index contributed by atoms with van der Waals surface area (Å²) in [4.78, 5) is 23.2. The minimum atomic E-state index is -0.377. The molecule has 1 aromatic heterocycles. The van der Waals surface area contributed by atoms with Crippen molar-refractivity contribution >= 4 is 18.0 Å². The molecule has 2 aromatic rings. The number of amides is 2. The predicted molar refractivity (Wildman–Crippen MR) is 77.2 cm³/mol. The molecule has 0 bridgehead atoms. The third kappa shape index (κ3) is 2.43. The highest BCUT2D eigenvalue weighted by Gasteiger charge is 2.27. The Hall–Kier alpha value is -2.89. The fourth-order valence-electron chi connectivity index (χ4n) is 2.07. The average Bonchev–Trinajstić information content (AvgIpc) is 3.02. The van der Waals surface area contributed by atoms with E-state index in [1.165, 1.54) is 0 Å². The maximum Gasteiger partial charge on any atom is 0.258 e. The van der Waals surface area contributed by atoms with E-state index in [0.29, 0.717) is 22.6 Å². The third-order valence-electron chi connectivity index (χ3n) is 3.06. The standard InChI is InChI=1S/C15H13N3O3/c1-18(2)16-8-10-4-6-13(21-10)9-3-5-11-12(7-9)15(20)17-14(11)19/h3-8H,1-2H3,(H,17,19,20)/b16-8-. The van der Waals surface area contributed by atoms with Gasteiger partial charge in [0.15, 0.2) is 0 Å².